The minimum Gasteiger partial charge on any atom is -0.481 e. The van der Waals surface area contributed by atoms with Gasteiger partial charge in [0.2, 0.25) is 0 Å². The number of aryl methyl sites for hydroxylation is 1. The molecule has 0 aliphatic carbocycles. The average Bonchev–Trinajstić information content (AvgIpc) is 2.67. The Morgan fingerprint density at radius 3 is 2.74 bits per heavy atom. The molecule has 1 aromatic carbocycles. The molecule has 0 fully saturated rings. The highest BCUT2D eigenvalue weighted by Crippen LogP contribution is 2.26. The van der Waals surface area contributed by atoms with Crippen molar-refractivity contribution in [3.8, 4) is 0 Å². The summed E-state index contributed by atoms with van der Waals surface area (Å²) in [6, 6.07) is 8.16. The van der Waals surface area contributed by atoms with Crippen molar-refractivity contribution in [1.82, 2.24) is 4.57 Å². The monoisotopic (exact) mass is 260 g/mol. The molecule has 0 amide bonds. The van der Waals surface area contributed by atoms with Gasteiger partial charge < -0.3 is 15.0 Å². The van der Waals surface area contributed by atoms with Gasteiger partial charge in [-0.3, -0.25) is 4.79 Å². The fourth-order valence-electron chi connectivity index (χ4n) is 2.10. The normalized spacial score (nSPS) is 11.7. The van der Waals surface area contributed by atoms with Crippen molar-refractivity contribution in [2.45, 2.75) is 20.3 Å². The van der Waals surface area contributed by atoms with Crippen LogP contribution in [0.1, 0.15) is 20.3 Å². The Morgan fingerprint density at radius 2 is 2.05 bits per heavy atom. The van der Waals surface area contributed by atoms with Gasteiger partial charge in [-0.1, -0.05) is 18.2 Å². The standard InChI is InChI=1S/C15H20N2O2/c1-15(2,14(18)19)8-9-16-12-10-17(3)13-7-5-4-6-11(12)13/h4-7,10,16H,8-9H2,1-3H3,(H,18,19). The Labute approximate surface area is 113 Å². The van der Waals surface area contributed by atoms with Crippen LogP contribution in [-0.4, -0.2) is 22.2 Å². The van der Waals surface area contributed by atoms with Gasteiger partial charge in [-0.15, -0.1) is 0 Å². The number of nitrogens with one attached hydrogen (secondary N) is 1. The van der Waals surface area contributed by atoms with Crippen LogP contribution in [0.4, 0.5) is 5.69 Å². The zero-order chi connectivity index (χ0) is 14.0. The third-order valence-electron chi connectivity index (χ3n) is 3.54. The zero-order valence-electron chi connectivity index (χ0n) is 11.6. The highest BCUT2D eigenvalue weighted by molar-refractivity contribution is 5.92. The predicted octanol–water partition coefficient (Wildman–Crippen LogP) is 3.09. The quantitative estimate of drug-likeness (QED) is 0.868. The van der Waals surface area contributed by atoms with E-state index in [1.807, 2.05) is 25.4 Å². The molecule has 1 heterocycles. The van der Waals surface area contributed by atoms with Gasteiger partial charge >= 0.3 is 5.97 Å². The Morgan fingerprint density at radius 1 is 1.37 bits per heavy atom. The summed E-state index contributed by atoms with van der Waals surface area (Å²) in [6.07, 6.45) is 2.63. The number of hydrogen-bond acceptors (Lipinski definition) is 2. The van der Waals surface area contributed by atoms with Gasteiger partial charge in [-0.25, -0.2) is 0 Å². The largest absolute Gasteiger partial charge is 0.481 e. The van der Waals surface area contributed by atoms with Gasteiger partial charge in [0.15, 0.2) is 0 Å². The number of benzene rings is 1. The Bertz CT molecular complexity index is 599. The number of rotatable bonds is 5. The molecule has 0 spiro atoms. The topological polar surface area (TPSA) is 54.3 Å². The first-order chi connectivity index (χ1) is 8.92. The molecule has 19 heavy (non-hydrogen) atoms. The summed E-state index contributed by atoms with van der Waals surface area (Å²) in [6.45, 7) is 4.15. The molecule has 0 saturated heterocycles. The van der Waals surface area contributed by atoms with Crippen LogP contribution in [0.3, 0.4) is 0 Å². The summed E-state index contributed by atoms with van der Waals surface area (Å²) in [5.41, 5.74) is 1.53. The molecule has 4 nitrogen and oxygen atoms in total. The Balaban J connectivity index is 2.09. The molecule has 1 aromatic heterocycles. The molecule has 0 radical (unpaired) electrons. The first-order valence-electron chi connectivity index (χ1n) is 6.43. The van der Waals surface area contributed by atoms with Crippen molar-refractivity contribution in [3.05, 3.63) is 30.5 Å². The average molecular weight is 260 g/mol. The van der Waals surface area contributed by atoms with Gasteiger partial charge in [0.05, 0.1) is 11.1 Å². The predicted molar refractivity (Wildman–Crippen MR) is 77.4 cm³/mol. The van der Waals surface area contributed by atoms with Crippen LogP contribution in [0.15, 0.2) is 30.5 Å². The molecule has 2 N–H and O–H groups in total. The number of carboxylic acid groups (broad SMARTS) is 1. The van der Waals surface area contributed by atoms with E-state index in [1.165, 1.54) is 5.52 Å². The number of carboxylic acids is 1. The number of carbonyl (C=O) groups is 1. The van der Waals surface area contributed by atoms with E-state index < -0.39 is 11.4 Å². The summed E-state index contributed by atoms with van der Waals surface area (Å²) in [5.74, 6) is -0.757. The first kappa shape index (κ1) is 13.5. The minimum absolute atomic E-state index is 0.589. The van der Waals surface area contributed by atoms with Gasteiger partial charge in [0, 0.05) is 30.7 Å². The lowest BCUT2D eigenvalue weighted by Gasteiger charge is -2.19. The zero-order valence-corrected chi connectivity index (χ0v) is 11.6. The van der Waals surface area contributed by atoms with Crippen LogP contribution in [0.2, 0.25) is 0 Å². The van der Waals surface area contributed by atoms with Crippen molar-refractivity contribution < 1.29 is 9.90 Å². The smallest absolute Gasteiger partial charge is 0.309 e. The molecular weight excluding hydrogens is 240 g/mol. The first-order valence-corrected chi connectivity index (χ1v) is 6.43. The van der Waals surface area contributed by atoms with Crippen LogP contribution < -0.4 is 5.32 Å². The molecule has 0 unspecified atom stereocenters. The van der Waals surface area contributed by atoms with Gasteiger partial charge in [-0.05, 0) is 26.3 Å². The van der Waals surface area contributed by atoms with Crippen molar-refractivity contribution in [2.24, 2.45) is 12.5 Å². The molecule has 2 aromatic rings. The van der Waals surface area contributed by atoms with Crippen molar-refractivity contribution in [3.63, 3.8) is 0 Å². The Kier molecular flexibility index (Phi) is 3.51. The minimum atomic E-state index is -0.757. The fraction of sp³-hybridized carbons (Fsp3) is 0.400. The van der Waals surface area contributed by atoms with Gasteiger partial charge in [0.1, 0.15) is 0 Å². The van der Waals surface area contributed by atoms with E-state index in [9.17, 15) is 4.79 Å². The highest BCUT2D eigenvalue weighted by Gasteiger charge is 2.26. The van der Waals surface area contributed by atoms with E-state index in [1.54, 1.807) is 13.8 Å². The van der Waals surface area contributed by atoms with Gasteiger partial charge in [-0.2, -0.15) is 0 Å². The highest BCUT2D eigenvalue weighted by atomic mass is 16.4. The lowest BCUT2D eigenvalue weighted by molar-refractivity contribution is -0.147. The van der Waals surface area contributed by atoms with E-state index in [4.69, 9.17) is 5.11 Å². The fourth-order valence-corrected chi connectivity index (χ4v) is 2.10. The van der Waals surface area contributed by atoms with Crippen molar-refractivity contribution >= 4 is 22.6 Å². The number of anilines is 1. The number of nitrogens with zero attached hydrogens (tertiary/aromatic N) is 1. The molecular formula is C15H20N2O2. The number of hydrogen-bond donors (Lipinski definition) is 2. The maximum atomic E-state index is 11.0. The van der Waals surface area contributed by atoms with Crippen LogP contribution in [-0.2, 0) is 11.8 Å². The SMILES string of the molecule is Cn1cc(NCCC(C)(C)C(=O)O)c2ccccc21. The van der Waals surface area contributed by atoms with Crippen LogP contribution >= 0.6 is 0 Å². The third kappa shape index (κ3) is 2.72. The molecule has 0 aliphatic rings. The van der Waals surface area contributed by atoms with Gasteiger partial charge in [0.25, 0.3) is 0 Å². The second-order valence-corrected chi connectivity index (χ2v) is 5.54. The number of para-hydroxylation sites is 1. The molecule has 2 rings (SSSR count). The maximum absolute atomic E-state index is 11.0. The van der Waals surface area contributed by atoms with E-state index in [-0.39, 0.29) is 0 Å². The van der Waals surface area contributed by atoms with Crippen molar-refractivity contribution in [2.75, 3.05) is 11.9 Å². The summed E-state index contributed by atoms with van der Waals surface area (Å²) in [4.78, 5) is 11.0. The van der Waals surface area contributed by atoms with E-state index in [0.29, 0.717) is 13.0 Å². The maximum Gasteiger partial charge on any atom is 0.309 e. The van der Waals surface area contributed by atoms with Crippen molar-refractivity contribution in [1.29, 1.82) is 0 Å². The molecule has 0 aliphatic heterocycles. The number of aliphatic carboxylic acids is 1. The lowest BCUT2D eigenvalue weighted by atomic mass is 9.90. The van der Waals surface area contributed by atoms with E-state index in [2.05, 4.69) is 22.0 Å². The Hall–Kier alpha value is -1.97. The lowest BCUT2D eigenvalue weighted by Crippen LogP contribution is -2.26. The number of aromatic nitrogens is 1. The molecule has 0 atom stereocenters. The van der Waals surface area contributed by atoms with Crippen LogP contribution in [0, 0.1) is 5.41 Å². The summed E-state index contributed by atoms with van der Waals surface area (Å²) < 4.78 is 2.07. The van der Waals surface area contributed by atoms with E-state index >= 15 is 0 Å². The van der Waals surface area contributed by atoms with E-state index in [0.717, 1.165) is 11.1 Å². The number of fused-ring (bicyclic) bond motifs is 1. The third-order valence-corrected chi connectivity index (χ3v) is 3.54. The second kappa shape index (κ2) is 4.96. The molecule has 0 bridgehead atoms. The molecule has 4 heteroatoms. The molecule has 0 saturated carbocycles. The van der Waals surface area contributed by atoms with Crippen LogP contribution in [0.25, 0.3) is 10.9 Å². The second-order valence-electron chi connectivity index (χ2n) is 5.54. The summed E-state index contributed by atoms with van der Waals surface area (Å²) in [7, 11) is 2.01. The van der Waals surface area contributed by atoms with Crippen LogP contribution in [0.5, 0.6) is 0 Å². The summed E-state index contributed by atoms with van der Waals surface area (Å²) in [5, 5.41) is 13.6. The molecule has 102 valence electrons. The summed E-state index contributed by atoms with van der Waals surface area (Å²) >= 11 is 0.